The van der Waals surface area contributed by atoms with Gasteiger partial charge in [0.15, 0.2) is 0 Å². The van der Waals surface area contributed by atoms with Crippen molar-refractivity contribution in [3.8, 4) is 11.5 Å². The molecule has 1 aromatic carbocycles. The average molecular weight is 223 g/mol. The van der Waals surface area contributed by atoms with Crippen molar-refractivity contribution in [3.05, 3.63) is 24.3 Å². The molecule has 0 aliphatic rings. The van der Waals surface area contributed by atoms with E-state index in [1.54, 1.807) is 7.11 Å². The van der Waals surface area contributed by atoms with Gasteiger partial charge in [-0.2, -0.15) is 0 Å². The first-order valence-corrected chi connectivity index (χ1v) is 5.53. The maximum absolute atomic E-state index is 5.58. The highest BCUT2D eigenvalue weighted by molar-refractivity contribution is 5.31. The van der Waals surface area contributed by atoms with Crippen LogP contribution in [-0.4, -0.2) is 25.8 Å². The first kappa shape index (κ1) is 12.8. The molecule has 0 fully saturated rings. The zero-order valence-corrected chi connectivity index (χ0v) is 10.5. The fourth-order valence-electron chi connectivity index (χ4n) is 1.27. The predicted octanol–water partition coefficient (Wildman–Crippen LogP) is 2.46. The van der Waals surface area contributed by atoms with E-state index in [1.807, 2.05) is 24.3 Å². The van der Waals surface area contributed by atoms with Crippen molar-refractivity contribution < 1.29 is 9.47 Å². The van der Waals surface area contributed by atoms with Crippen LogP contribution in [0.25, 0.3) is 0 Å². The maximum Gasteiger partial charge on any atom is 0.119 e. The van der Waals surface area contributed by atoms with E-state index in [-0.39, 0.29) is 5.54 Å². The van der Waals surface area contributed by atoms with Crippen LogP contribution in [0.15, 0.2) is 24.3 Å². The minimum atomic E-state index is 0.142. The Kier molecular flexibility index (Phi) is 4.62. The lowest BCUT2D eigenvalue weighted by atomic mass is 10.1. The van der Waals surface area contributed by atoms with E-state index in [0.29, 0.717) is 6.61 Å². The topological polar surface area (TPSA) is 30.5 Å². The number of hydrogen-bond donors (Lipinski definition) is 1. The molecule has 0 saturated heterocycles. The Morgan fingerprint density at radius 3 is 2.12 bits per heavy atom. The highest BCUT2D eigenvalue weighted by Crippen LogP contribution is 2.16. The lowest BCUT2D eigenvalue weighted by Crippen LogP contribution is -2.38. The largest absolute Gasteiger partial charge is 0.497 e. The molecular formula is C13H21NO2. The number of methoxy groups -OCH3 is 1. The van der Waals surface area contributed by atoms with Gasteiger partial charge in [0.1, 0.15) is 18.1 Å². The Hall–Kier alpha value is -1.22. The van der Waals surface area contributed by atoms with Gasteiger partial charge in [-0.15, -0.1) is 0 Å². The molecule has 3 nitrogen and oxygen atoms in total. The van der Waals surface area contributed by atoms with Crippen molar-refractivity contribution in [2.75, 3.05) is 20.3 Å². The molecule has 0 aliphatic heterocycles. The number of nitrogens with one attached hydrogen (secondary N) is 1. The lowest BCUT2D eigenvalue weighted by Gasteiger charge is -2.20. The summed E-state index contributed by atoms with van der Waals surface area (Å²) in [6.45, 7) is 7.93. The average Bonchev–Trinajstić information content (AvgIpc) is 2.24. The van der Waals surface area contributed by atoms with Crippen molar-refractivity contribution in [2.45, 2.75) is 26.3 Å². The Morgan fingerprint density at radius 2 is 1.62 bits per heavy atom. The van der Waals surface area contributed by atoms with Gasteiger partial charge in [-0.3, -0.25) is 0 Å². The van der Waals surface area contributed by atoms with Gasteiger partial charge in [0.25, 0.3) is 0 Å². The zero-order valence-electron chi connectivity index (χ0n) is 10.5. The highest BCUT2D eigenvalue weighted by Gasteiger charge is 2.07. The van der Waals surface area contributed by atoms with E-state index >= 15 is 0 Å². The fraction of sp³-hybridized carbons (Fsp3) is 0.538. The molecule has 0 aromatic heterocycles. The number of rotatable bonds is 5. The van der Waals surface area contributed by atoms with Crippen molar-refractivity contribution >= 4 is 0 Å². The van der Waals surface area contributed by atoms with Gasteiger partial charge in [0, 0.05) is 12.1 Å². The third-order valence-corrected chi connectivity index (χ3v) is 2.09. The van der Waals surface area contributed by atoms with Crippen LogP contribution in [0.5, 0.6) is 11.5 Å². The summed E-state index contributed by atoms with van der Waals surface area (Å²) in [5.41, 5.74) is 0.142. The molecule has 0 unspecified atom stereocenters. The van der Waals surface area contributed by atoms with Gasteiger partial charge < -0.3 is 14.8 Å². The standard InChI is InChI=1S/C13H21NO2/c1-13(2,3)14-9-10-16-12-7-5-11(15-4)6-8-12/h5-8,14H,9-10H2,1-4H3. The number of benzene rings is 1. The van der Waals surface area contributed by atoms with E-state index in [1.165, 1.54) is 0 Å². The van der Waals surface area contributed by atoms with Gasteiger partial charge in [-0.1, -0.05) is 0 Å². The second-order valence-electron chi connectivity index (χ2n) is 4.70. The SMILES string of the molecule is COc1ccc(OCCNC(C)(C)C)cc1. The second-order valence-corrected chi connectivity index (χ2v) is 4.70. The first-order valence-electron chi connectivity index (χ1n) is 5.53. The van der Waals surface area contributed by atoms with E-state index in [4.69, 9.17) is 9.47 Å². The Morgan fingerprint density at radius 1 is 1.06 bits per heavy atom. The Labute approximate surface area is 97.8 Å². The van der Waals surface area contributed by atoms with Crippen LogP contribution >= 0.6 is 0 Å². The van der Waals surface area contributed by atoms with Gasteiger partial charge in [-0.05, 0) is 45.0 Å². The van der Waals surface area contributed by atoms with Gasteiger partial charge in [-0.25, -0.2) is 0 Å². The molecule has 1 rings (SSSR count). The first-order chi connectivity index (χ1) is 7.51. The summed E-state index contributed by atoms with van der Waals surface area (Å²) in [7, 11) is 1.66. The van der Waals surface area contributed by atoms with Crippen LogP contribution in [0.1, 0.15) is 20.8 Å². The van der Waals surface area contributed by atoms with Gasteiger partial charge in [0.05, 0.1) is 7.11 Å². The molecule has 3 heteroatoms. The molecular weight excluding hydrogens is 202 g/mol. The number of hydrogen-bond acceptors (Lipinski definition) is 3. The van der Waals surface area contributed by atoms with E-state index < -0.39 is 0 Å². The molecule has 16 heavy (non-hydrogen) atoms. The molecule has 0 saturated carbocycles. The third kappa shape index (κ3) is 5.03. The van der Waals surface area contributed by atoms with E-state index in [0.717, 1.165) is 18.0 Å². The van der Waals surface area contributed by atoms with E-state index in [2.05, 4.69) is 26.1 Å². The molecule has 0 spiro atoms. The quantitative estimate of drug-likeness (QED) is 0.778. The van der Waals surface area contributed by atoms with Gasteiger partial charge >= 0.3 is 0 Å². The minimum absolute atomic E-state index is 0.142. The highest BCUT2D eigenvalue weighted by atomic mass is 16.5. The monoisotopic (exact) mass is 223 g/mol. The molecule has 0 aliphatic carbocycles. The summed E-state index contributed by atoms with van der Waals surface area (Å²) < 4.78 is 10.7. The summed E-state index contributed by atoms with van der Waals surface area (Å²) in [5, 5.41) is 3.36. The minimum Gasteiger partial charge on any atom is -0.497 e. The number of ether oxygens (including phenoxy) is 2. The van der Waals surface area contributed by atoms with Crippen LogP contribution in [-0.2, 0) is 0 Å². The van der Waals surface area contributed by atoms with Crippen LogP contribution in [0.2, 0.25) is 0 Å². The molecule has 0 amide bonds. The Bertz CT molecular complexity index is 301. The summed E-state index contributed by atoms with van der Waals surface area (Å²) in [6.07, 6.45) is 0. The predicted molar refractivity (Wildman–Crippen MR) is 66.2 cm³/mol. The van der Waals surface area contributed by atoms with Crippen LogP contribution in [0.4, 0.5) is 0 Å². The second kappa shape index (κ2) is 5.75. The summed E-state index contributed by atoms with van der Waals surface area (Å²) in [5.74, 6) is 1.72. The molecule has 1 N–H and O–H groups in total. The molecule has 1 aromatic rings. The fourth-order valence-corrected chi connectivity index (χ4v) is 1.27. The summed E-state index contributed by atoms with van der Waals surface area (Å²) >= 11 is 0. The molecule has 0 heterocycles. The molecule has 0 bridgehead atoms. The smallest absolute Gasteiger partial charge is 0.119 e. The summed E-state index contributed by atoms with van der Waals surface area (Å²) in [6, 6.07) is 7.62. The van der Waals surface area contributed by atoms with Gasteiger partial charge in [0.2, 0.25) is 0 Å². The Balaban J connectivity index is 2.27. The maximum atomic E-state index is 5.58. The van der Waals surface area contributed by atoms with Crippen molar-refractivity contribution in [1.82, 2.24) is 5.32 Å². The summed E-state index contributed by atoms with van der Waals surface area (Å²) in [4.78, 5) is 0. The molecule has 90 valence electrons. The lowest BCUT2D eigenvalue weighted by molar-refractivity contribution is 0.290. The van der Waals surface area contributed by atoms with Crippen LogP contribution < -0.4 is 14.8 Å². The van der Waals surface area contributed by atoms with Crippen molar-refractivity contribution in [2.24, 2.45) is 0 Å². The van der Waals surface area contributed by atoms with Crippen molar-refractivity contribution in [3.63, 3.8) is 0 Å². The third-order valence-electron chi connectivity index (χ3n) is 2.09. The molecule has 0 radical (unpaired) electrons. The zero-order chi connectivity index (χ0) is 12.0. The van der Waals surface area contributed by atoms with E-state index in [9.17, 15) is 0 Å². The van der Waals surface area contributed by atoms with Crippen LogP contribution in [0, 0.1) is 0 Å². The van der Waals surface area contributed by atoms with Crippen molar-refractivity contribution in [1.29, 1.82) is 0 Å². The normalized spacial score (nSPS) is 11.2. The van der Waals surface area contributed by atoms with Crippen LogP contribution in [0.3, 0.4) is 0 Å². The molecule has 0 atom stereocenters.